The predicted molar refractivity (Wildman–Crippen MR) is 226 cm³/mol. The minimum Gasteiger partial charge on any atom is -0.0622 e. The van der Waals surface area contributed by atoms with E-state index in [1.807, 2.05) is 0 Å². The molecule has 10 aromatic carbocycles. The van der Waals surface area contributed by atoms with Crippen LogP contribution >= 0.6 is 0 Å². The Hall–Kier alpha value is -6.50. The smallest absolute Gasteiger partial charge is 0.00988 e. The number of fused-ring (bicyclic) bond motifs is 6. The van der Waals surface area contributed by atoms with Crippen molar-refractivity contribution in [2.24, 2.45) is 0 Å². The summed E-state index contributed by atoms with van der Waals surface area (Å²) < 4.78 is 0. The molecule has 246 valence electrons. The molecule has 0 N–H and O–H groups in total. The Morgan fingerprint density at radius 1 is 0.231 bits per heavy atom. The maximum Gasteiger partial charge on any atom is -0.00988 e. The lowest BCUT2D eigenvalue weighted by Gasteiger charge is -2.12. The first kappa shape index (κ1) is 31.5. The Bertz CT molecular complexity index is 2870. The van der Waals surface area contributed by atoms with E-state index in [0.29, 0.717) is 0 Å². The third-order valence-corrected chi connectivity index (χ3v) is 10.6. The van der Waals surface area contributed by atoms with Crippen molar-refractivity contribution < 1.29 is 0 Å². The Morgan fingerprint density at radius 2 is 0.615 bits per heavy atom. The van der Waals surface area contributed by atoms with E-state index in [1.54, 1.807) is 0 Å². The van der Waals surface area contributed by atoms with E-state index in [0.717, 1.165) is 0 Å². The van der Waals surface area contributed by atoms with Gasteiger partial charge in [0.05, 0.1) is 0 Å². The normalized spacial score (nSPS) is 11.3. The Morgan fingerprint density at radius 3 is 1.17 bits per heavy atom. The zero-order valence-electron chi connectivity index (χ0n) is 29.5. The summed E-state index contributed by atoms with van der Waals surface area (Å²) in [5, 5.41) is 12.9. The highest BCUT2D eigenvalue weighted by atomic mass is 14.1. The molecule has 0 atom stereocenters. The second-order valence-corrected chi connectivity index (χ2v) is 13.9. The zero-order chi connectivity index (χ0) is 35.0. The average molecular weight is 663 g/mol. The number of hydrogen-bond acceptors (Lipinski definition) is 0. The molecule has 0 aromatic heterocycles. The van der Waals surface area contributed by atoms with Crippen LogP contribution in [0.2, 0.25) is 0 Å². The van der Waals surface area contributed by atoms with Gasteiger partial charge in [0.1, 0.15) is 0 Å². The van der Waals surface area contributed by atoms with Crippen molar-refractivity contribution in [3.63, 3.8) is 0 Å². The van der Waals surface area contributed by atoms with Gasteiger partial charge in [0.2, 0.25) is 0 Å². The summed E-state index contributed by atoms with van der Waals surface area (Å²) in [4.78, 5) is 0. The third-order valence-electron chi connectivity index (χ3n) is 10.6. The van der Waals surface area contributed by atoms with Crippen LogP contribution in [-0.2, 0) is 0 Å². The second-order valence-electron chi connectivity index (χ2n) is 13.9. The lowest BCUT2D eigenvalue weighted by Crippen LogP contribution is -1.86. The number of benzene rings is 10. The van der Waals surface area contributed by atoms with E-state index in [-0.39, 0.29) is 0 Å². The molecule has 10 rings (SSSR count). The number of hydrogen-bond donors (Lipinski definition) is 0. The SMILES string of the molecule is Cc1cc2ccccc2cc1C.c1ccc(-c2ccc3cc(-c4ccc5cc(-c6cc7ccccc7c7ccccc67)ccc5c4)ccc3c2)cc1. The summed E-state index contributed by atoms with van der Waals surface area (Å²) in [6, 6.07) is 70.6. The maximum absolute atomic E-state index is 2.34. The van der Waals surface area contributed by atoms with Crippen LogP contribution in [0.25, 0.3) is 87.2 Å². The van der Waals surface area contributed by atoms with E-state index < -0.39 is 0 Å². The van der Waals surface area contributed by atoms with Crippen molar-refractivity contribution in [3.05, 3.63) is 205 Å². The van der Waals surface area contributed by atoms with Crippen LogP contribution in [0, 0.1) is 13.8 Å². The molecule has 0 heterocycles. The zero-order valence-corrected chi connectivity index (χ0v) is 29.5. The molecule has 52 heavy (non-hydrogen) atoms. The molecule has 0 saturated heterocycles. The summed E-state index contributed by atoms with van der Waals surface area (Å²) in [5.74, 6) is 0. The number of aryl methyl sites for hydroxylation is 2. The quantitative estimate of drug-likeness (QED) is 0.165. The van der Waals surface area contributed by atoms with Gasteiger partial charge in [-0.2, -0.15) is 0 Å². The highest BCUT2D eigenvalue weighted by Crippen LogP contribution is 2.37. The molecule has 0 unspecified atom stereocenters. The van der Waals surface area contributed by atoms with Crippen LogP contribution in [0.1, 0.15) is 11.1 Å². The Labute approximate surface area is 305 Å². The van der Waals surface area contributed by atoms with Gasteiger partial charge < -0.3 is 0 Å². The second kappa shape index (κ2) is 13.3. The fraction of sp³-hybridized carbons (Fsp3) is 0.0385. The fourth-order valence-corrected chi connectivity index (χ4v) is 7.59. The van der Waals surface area contributed by atoms with Crippen LogP contribution < -0.4 is 0 Å². The minimum atomic E-state index is 1.24. The predicted octanol–water partition coefficient (Wildman–Crippen LogP) is 14.8. The molecule has 0 aliphatic rings. The van der Waals surface area contributed by atoms with Gasteiger partial charge in [-0.05, 0) is 143 Å². The molecule has 0 amide bonds. The van der Waals surface area contributed by atoms with E-state index in [9.17, 15) is 0 Å². The first-order chi connectivity index (χ1) is 25.6. The van der Waals surface area contributed by atoms with E-state index in [1.165, 1.54) is 98.4 Å². The van der Waals surface area contributed by atoms with Crippen molar-refractivity contribution in [1.82, 2.24) is 0 Å². The molecule has 0 bridgehead atoms. The van der Waals surface area contributed by atoms with Crippen molar-refractivity contribution in [1.29, 1.82) is 0 Å². The van der Waals surface area contributed by atoms with Gasteiger partial charge in [0.15, 0.2) is 0 Å². The lowest BCUT2D eigenvalue weighted by molar-refractivity contribution is 1.37. The van der Waals surface area contributed by atoms with Gasteiger partial charge >= 0.3 is 0 Å². The van der Waals surface area contributed by atoms with Gasteiger partial charge in [-0.1, -0.05) is 164 Å². The average Bonchev–Trinajstić information content (AvgIpc) is 3.21. The first-order valence-electron chi connectivity index (χ1n) is 18.1. The van der Waals surface area contributed by atoms with Crippen LogP contribution in [-0.4, -0.2) is 0 Å². The fourth-order valence-electron chi connectivity index (χ4n) is 7.59. The van der Waals surface area contributed by atoms with Gasteiger partial charge in [-0.3, -0.25) is 0 Å². The van der Waals surface area contributed by atoms with Crippen molar-refractivity contribution in [2.45, 2.75) is 13.8 Å². The van der Waals surface area contributed by atoms with Crippen LogP contribution in [0.5, 0.6) is 0 Å². The Kier molecular flexibility index (Phi) is 8.07. The standard InChI is InChI=1S/C40H26.C12H12/c1-2-8-27(9-3-1)28-14-15-30-23-31(17-16-29(30)22-28)32-18-19-34-25-36(21-20-33(34)24-32)40-26-35-10-4-5-11-37(35)38-12-6-7-13-39(38)40;1-9-7-11-5-3-4-6-12(11)8-10(9)2/h1-26H;3-8H,1-2H3. The molecule has 0 saturated carbocycles. The van der Waals surface area contributed by atoms with Crippen molar-refractivity contribution in [3.8, 4) is 33.4 Å². The van der Waals surface area contributed by atoms with Crippen LogP contribution in [0.4, 0.5) is 0 Å². The van der Waals surface area contributed by atoms with Gasteiger partial charge in [-0.15, -0.1) is 0 Å². The van der Waals surface area contributed by atoms with E-state index >= 15 is 0 Å². The third kappa shape index (κ3) is 5.99. The molecule has 0 nitrogen and oxygen atoms in total. The van der Waals surface area contributed by atoms with Gasteiger partial charge in [0, 0.05) is 0 Å². The molecule has 10 aromatic rings. The van der Waals surface area contributed by atoms with Crippen LogP contribution in [0.15, 0.2) is 194 Å². The van der Waals surface area contributed by atoms with Gasteiger partial charge in [-0.25, -0.2) is 0 Å². The van der Waals surface area contributed by atoms with Crippen molar-refractivity contribution >= 4 is 53.9 Å². The molecular formula is C52H38. The summed E-state index contributed by atoms with van der Waals surface area (Å²) in [5.41, 5.74) is 10.3. The largest absolute Gasteiger partial charge is 0.0622 e. The van der Waals surface area contributed by atoms with Crippen molar-refractivity contribution in [2.75, 3.05) is 0 Å². The monoisotopic (exact) mass is 662 g/mol. The molecule has 0 aliphatic heterocycles. The number of rotatable bonds is 3. The topological polar surface area (TPSA) is 0 Å². The molecule has 0 radical (unpaired) electrons. The summed E-state index contributed by atoms with van der Waals surface area (Å²) in [6.45, 7) is 4.31. The molecule has 0 heteroatoms. The first-order valence-corrected chi connectivity index (χ1v) is 18.1. The molecular weight excluding hydrogens is 625 g/mol. The summed E-state index contributed by atoms with van der Waals surface area (Å²) in [6.07, 6.45) is 0. The summed E-state index contributed by atoms with van der Waals surface area (Å²) in [7, 11) is 0. The molecule has 0 spiro atoms. The maximum atomic E-state index is 2.34. The molecule has 0 aliphatic carbocycles. The van der Waals surface area contributed by atoms with E-state index in [2.05, 4.69) is 208 Å². The Balaban J connectivity index is 0.000000254. The molecule has 0 fully saturated rings. The van der Waals surface area contributed by atoms with E-state index in [4.69, 9.17) is 0 Å². The highest BCUT2D eigenvalue weighted by molar-refractivity contribution is 6.14. The minimum absolute atomic E-state index is 1.24. The summed E-state index contributed by atoms with van der Waals surface area (Å²) >= 11 is 0. The van der Waals surface area contributed by atoms with Crippen LogP contribution in [0.3, 0.4) is 0 Å². The highest BCUT2D eigenvalue weighted by Gasteiger charge is 2.10. The lowest BCUT2D eigenvalue weighted by atomic mass is 9.91. The van der Waals surface area contributed by atoms with Gasteiger partial charge in [0.25, 0.3) is 0 Å².